The van der Waals surface area contributed by atoms with E-state index in [-0.39, 0.29) is 12.2 Å². The van der Waals surface area contributed by atoms with Crippen LogP contribution in [0.1, 0.15) is 39.4 Å². The summed E-state index contributed by atoms with van der Waals surface area (Å²) in [4.78, 5) is 0. The van der Waals surface area contributed by atoms with E-state index in [0.717, 1.165) is 5.56 Å². The molecule has 1 N–H and O–H groups in total. The third-order valence-electron chi connectivity index (χ3n) is 4.64. The molecule has 132 valence electrons. The normalized spacial score (nSPS) is 40.8. The molecule has 3 saturated heterocycles. The lowest BCUT2D eigenvalue weighted by Crippen LogP contribution is -2.56. The van der Waals surface area contributed by atoms with Gasteiger partial charge in [-0.2, -0.15) is 0 Å². The highest BCUT2D eigenvalue weighted by molar-refractivity contribution is 5.20. The van der Waals surface area contributed by atoms with Crippen LogP contribution >= 0.6 is 0 Å². The van der Waals surface area contributed by atoms with Crippen molar-refractivity contribution in [1.82, 2.24) is 0 Å². The summed E-state index contributed by atoms with van der Waals surface area (Å²) < 4.78 is 30.0. The fraction of sp³-hybridized carbons (Fsp3) is 0.667. The zero-order valence-electron chi connectivity index (χ0n) is 14.3. The molecule has 1 aromatic carbocycles. The molecule has 0 saturated carbocycles. The minimum absolute atomic E-state index is 0.358. The number of fused-ring (bicyclic) bond motifs is 3. The quantitative estimate of drug-likeness (QED) is 0.892. The average Bonchev–Trinajstić information content (AvgIpc) is 3.00. The number of ether oxygens (including phenoxy) is 5. The van der Waals surface area contributed by atoms with E-state index in [1.165, 1.54) is 0 Å². The van der Waals surface area contributed by atoms with Gasteiger partial charge in [-0.25, -0.2) is 0 Å². The molecule has 3 fully saturated rings. The van der Waals surface area contributed by atoms with E-state index in [0.29, 0.717) is 0 Å². The fourth-order valence-corrected chi connectivity index (χ4v) is 3.74. The first kappa shape index (κ1) is 16.4. The second kappa shape index (κ2) is 5.49. The SMILES string of the molecule is CC1(C)O[C@@H]2[C@H](O1)[C@H]1OC(C)(C)O[C@H]1O[C@@H]2[C@H](O)c1ccccc1. The van der Waals surface area contributed by atoms with E-state index in [2.05, 4.69) is 0 Å². The lowest BCUT2D eigenvalue weighted by atomic mass is 9.92. The Morgan fingerprint density at radius 3 is 2.12 bits per heavy atom. The smallest absolute Gasteiger partial charge is 0.190 e. The van der Waals surface area contributed by atoms with E-state index < -0.39 is 36.2 Å². The largest absolute Gasteiger partial charge is 0.386 e. The second-order valence-electron chi connectivity index (χ2n) is 7.49. The zero-order chi connectivity index (χ0) is 17.1. The van der Waals surface area contributed by atoms with Crippen molar-refractivity contribution in [2.75, 3.05) is 0 Å². The topological polar surface area (TPSA) is 66.4 Å². The van der Waals surface area contributed by atoms with Crippen LogP contribution in [0.3, 0.4) is 0 Å². The number of aliphatic hydroxyl groups is 1. The van der Waals surface area contributed by atoms with E-state index >= 15 is 0 Å². The molecule has 0 unspecified atom stereocenters. The molecule has 0 aliphatic carbocycles. The first-order valence-corrected chi connectivity index (χ1v) is 8.35. The molecule has 24 heavy (non-hydrogen) atoms. The van der Waals surface area contributed by atoms with Crippen molar-refractivity contribution in [1.29, 1.82) is 0 Å². The maximum absolute atomic E-state index is 10.9. The highest BCUT2D eigenvalue weighted by Crippen LogP contribution is 2.46. The first-order valence-electron chi connectivity index (χ1n) is 8.35. The molecule has 6 atom stereocenters. The van der Waals surface area contributed by atoms with Crippen molar-refractivity contribution in [3.05, 3.63) is 35.9 Å². The Balaban J connectivity index is 1.65. The summed E-state index contributed by atoms with van der Waals surface area (Å²) in [6.07, 6.45) is -3.21. The number of hydrogen-bond acceptors (Lipinski definition) is 6. The first-order chi connectivity index (χ1) is 11.3. The van der Waals surface area contributed by atoms with E-state index in [4.69, 9.17) is 23.7 Å². The molecule has 0 radical (unpaired) electrons. The molecular formula is C18H24O6. The standard InChI is InChI=1S/C18H24O6/c1-17(2)21-13-12(11(19)10-8-6-5-7-9-10)20-16-15(14(13)22-17)23-18(3,4)24-16/h5-9,11-16,19H,1-4H3/t11-,12-,13+,14+,15-,16-/m1/s1. The van der Waals surface area contributed by atoms with Crippen LogP contribution in [0.5, 0.6) is 0 Å². The maximum atomic E-state index is 10.9. The van der Waals surface area contributed by atoms with Crippen LogP contribution in [0.25, 0.3) is 0 Å². The highest BCUT2D eigenvalue weighted by atomic mass is 16.9. The minimum Gasteiger partial charge on any atom is -0.386 e. The summed E-state index contributed by atoms with van der Waals surface area (Å²) in [5, 5.41) is 10.9. The molecule has 0 bridgehead atoms. The molecule has 6 nitrogen and oxygen atoms in total. The Labute approximate surface area is 141 Å². The molecule has 3 aliphatic heterocycles. The highest BCUT2D eigenvalue weighted by Gasteiger charge is 2.61. The van der Waals surface area contributed by atoms with Crippen LogP contribution in [-0.2, 0) is 23.7 Å². The van der Waals surface area contributed by atoms with Gasteiger partial charge in [-0.05, 0) is 33.3 Å². The Kier molecular flexibility index (Phi) is 3.76. The van der Waals surface area contributed by atoms with Gasteiger partial charge in [0.15, 0.2) is 17.9 Å². The molecule has 1 aromatic rings. The van der Waals surface area contributed by atoms with E-state index in [1.54, 1.807) is 0 Å². The number of benzene rings is 1. The van der Waals surface area contributed by atoms with Gasteiger partial charge in [0, 0.05) is 0 Å². The van der Waals surface area contributed by atoms with E-state index in [9.17, 15) is 5.11 Å². The van der Waals surface area contributed by atoms with Gasteiger partial charge in [-0.3, -0.25) is 0 Å². The predicted molar refractivity (Wildman–Crippen MR) is 83.9 cm³/mol. The molecule has 4 rings (SSSR count). The van der Waals surface area contributed by atoms with Gasteiger partial charge in [0.2, 0.25) is 0 Å². The van der Waals surface area contributed by atoms with Crippen molar-refractivity contribution in [2.45, 2.75) is 76.1 Å². The van der Waals surface area contributed by atoms with Gasteiger partial charge in [0.25, 0.3) is 0 Å². The molecule has 3 heterocycles. The maximum Gasteiger partial charge on any atom is 0.190 e. The monoisotopic (exact) mass is 336 g/mol. The van der Waals surface area contributed by atoms with Crippen molar-refractivity contribution >= 4 is 0 Å². The van der Waals surface area contributed by atoms with Crippen LogP contribution in [0.4, 0.5) is 0 Å². The summed E-state index contributed by atoms with van der Waals surface area (Å²) in [7, 11) is 0. The fourth-order valence-electron chi connectivity index (χ4n) is 3.74. The van der Waals surface area contributed by atoms with Crippen molar-refractivity contribution in [3.8, 4) is 0 Å². The van der Waals surface area contributed by atoms with Gasteiger partial charge >= 0.3 is 0 Å². The molecule has 0 amide bonds. The van der Waals surface area contributed by atoms with Gasteiger partial charge in [-0.15, -0.1) is 0 Å². The van der Waals surface area contributed by atoms with Gasteiger partial charge in [0.05, 0.1) is 0 Å². The summed E-state index contributed by atoms with van der Waals surface area (Å²) in [5.74, 6) is -1.53. The summed E-state index contributed by atoms with van der Waals surface area (Å²) >= 11 is 0. The predicted octanol–water partition coefficient (Wildman–Crippen LogP) is 2.12. The minimum atomic E-state index is -0.843. The van der Waals surface area contributed by atoms with E-state index in [1.807, 2.05) is 58.0 Å². The van der Waals surface area contributed by atoms with Crippen LogP contribution in [-0.4, -0.2) is 47.4 Å². The number of aliphatic hydroxyl groups excluding tert-OH is 1. The molecular weight excluding hydrogens is 312 g/mol. The van der Waals surface area contributed by atoms with Gasteiger partial charge in [0.1, 0.15) is 30.5 Å². The second-order valence-corrected chi connectivity index (χ2v) is 7.49. The number of hydrogen-bond donors (Lipinski definition) is 1. The number of rotatable bonds is 2. The summed E-state index contributed by atoms with van der Waals surface area (Å²) in [6, 6.07) is 9.41. The lowest BCUT2D eigenvalue weighted by Gasteiger charge is -2.39. The van der Waals surface area contributed by atoms with Crippen molar-refractivity contribution < 1.29 is 28.8 Å². The third-order valence-corrected chi connectivity index (χ3v) is 4.64. The third kappa shape index (κ3) is 2.77. The molecule has 0 aromatic heterocycles. The molecule has 6 heteroatoms. The Bertz CT molecular complexity index is 601. The van der Waals surface area contributed by atoms with Gasteiger partial charge < -0.3 is 28.8 Å². The van der Waals surface area contributed by atoms with Gasteiger partial charge in [-0.1, -0.05) is 30.3 Å². The van der Waals surface area contributed by atoms with Crippen LogP contribution in [0, 0.1) is 0 Å². The van der Waals surface area contributed by atoms with Crippen molar-refractivity contribution in [2.24, 2.45) is 0 Å². The molecule has 3 aliphatic rings. The van der Waals surface area contributed by atoms with Crippen LogP contribution < -0.4 is 0 Å². The van der Waals surface area contributed by atoms with Crippen molar-refractivity contribution in [3.63, 3.8) is 0 Å². The van der Waals surface area contributed by atoms with Crippen LogP contribution in [0.2, 0.25) is 0 Å². The Morgan fingerprint density at radius 1 is 0.833 bits per heavy atom. The average molecular weight is 336 g/mol. The zero-order valence-corrected chi connectivity index (χ0v) is 14.3. The Morgan fingerprint density at radius 2 is 1.42 bits per heavy atom. The summed E-state index contributed by atoms with van der Waals surface area (Å²) in [5.41, 5.74) is 0.770. The lowest BCUT2D eigenvalue weighted by molar-refractivity contribution is -0.253. The Hall–Kier alpha value is -1.02. The summed E-state index contributed by atoms with van der Waals surface area (Å²) in [6.45, 7) is 7.39. The van der Waals surface area contributed by atoms with Crippen LogP contribution in [0.15, 0.2) is 30.3 Å². The molecule has 0 spiro atoms.